The van der Waals surface area contributed by atoms with Crippen LogP contribution in [0.3, 0.4) is 0 Å². The zero-order valence-corrected chi connectivity index (χ0v) is 15.3. The molecule has 1 N–H and O–H groups in total. The molecular formula is C20H24N2O2S. The SMILES string of the molecule is CC(=O)[C@@H](Cc1ccccc1)NC(=O)CN1CCC[C@@H]1c1cccs1. The fourth-order valence-corrected chi connectivity index (χ4v) is 4.28. The molecule has 0 aliphatic carbocycles. The van der Waals surface area contributed by atoms with Crippen molar-refractivity contribution in [2.24, 2.45) is 0 Å². The molecule has 1 aliphatic heterocycles. The van der Waals surface area contributed by atoms with Gasteiger partial charge in [-0.25, -0.2) is 0 Å². The van der Waals surface area contributed by atoms with Gasteiger partial charge in [0.25, 0.3) is 0 Å². The molecule has 0 radical (unpaired) electrons. The summed E-state index contributed by atoms with van der Waals surface area (Å²) in [4.78, 5) is 28.0. The third kappa shape index (κ3) is 4.77. The van der Waals surface area contributed by atoms with E-state index in [9.17, 15) is 9.59 Å². The summed E-state index contributed by atoms with van der Waals surface area (Å²) in [5, 5.41) is 5.01. The number of carbonyl (C=O) groups is 2. The van der Waals surface area contributed by atoms with Gasteiger partial charge in [-0.05, 0) is 49.7 Å². The molecule has 1 fully saturated rings. The highest BCUT2D eigenvalue weighted by molar-refractivity contribution is 7.10. The summed E-state index contributed by atoms with van der Waals surface area (Å²) in [5.74, 6) is -0.0759. The molecule has 1 aromatic heterocycles. The zero-order chi connectivity index (χ0) is 17.6. The second kappa shape index (κ2) is 8.41. The highest BCUT2D eigenvalue weighted by atomic mass is 32.1. The maximum atomic E-state index is 12.5. The first-order valence-electron chi connectivity index (χ1n) is 8.74. The van der Waals surface area contributed by atoms with Crippen LogP contribution in [-0.4, -0.2) is 35.7 Å². The molecule has 25 heavy (non-hydrogen) atoms. The summed E-state index contributed by atoms with van der Waals surface area (Å²) >= 11 is 1.74. The van der Waals surface area contributed by atoms with E-state index in [1.54, 1.807) is 11.3 Å². The lowest BCUT2D eigenvalue weighted by molar-refractivity contribution is -0.127. The highest BCUT2D eigenvalue weighted by Crippen LogP contribution is 2.33. The predicted molar refractivity (Wildman–Crippen MR) is 101 cm³/mol. The van der Waals surface area contributed by atoms with Gasteiger partial charge in [0.1, 0.15) is 0 Å². The number of rotatable bonds is 7. The molecule has 5 heteroatoms. The van der Waals surface area contributed by atoms with Crippen LogP contribution in [-0.2, 0) is 16.0 Å². The van der Waals surface area contributed by atoms with Crippen molar-refractivity contribution in [2.45, 2.75) is 38.3 Å². The lowest BCUT2D eigenvalue weighted by atomic mass is 10.0. The fraction of sp³-hybridized carbons (Fsp3) is 0.400. The number of carbonyl (C=O) groups excluding carboxylic acids is 2. The summed E-state index contributed by atoms with van der Waals surface area (Å²) in [5.41, 5.74) is 1.06. The van der Waals surface area contributed by atoms with Crippen LogP contribution in [0, 0.1) is 0 Å². The van der Waals surface area contributed by atoms with Crippen LogP contribution >= 0.6 is 11.3 Å². The van der Waals surface area contributed by atoms with E-state index in [1.807, 2.05) is 30.3 Å². The average molecular weight is 356 g/mol. The van der Waals surface area contributed by atoms with Crippen LogP contribution < -0.4 is 5.32 Å². The number of benzene rings is 1. The van der Waals surface area contributed by atoms with E-state index in [1.165, 1.54) is 11.8 Å². The Morgan fingerprint density at radius 1 is 1.24 bits per heavy atom. The average Bonchev–Trinajstić information content (AvgIpc) is 3.26. The van der Waals surface area contributed by atoms with Gasteiger partial charge in [0.15, 0.2) is 5.78 Å². The quantitative estimate of drug-likeness (QED) is 0.829. The smallest absolute Gasteiger partial charge is 0.234 e. The largest absolute Gasteiger partial charge is 0.345 e. The van der Waals surface area contributed by atoms with E-state index >= 15 is 0 Å². The summed E-state index contributed by atoms with van der Waals surface area (Å²) in [6.07, 6.45) is 2.74. The standard InChI is InChI=1S/C20H24N2O2S/c1-15(23)17(13-16-7-3-2-4-8-16)21-20(24)14-22-11-5-9-18(22)19-10-6-12-25-19/h2-4,6-8,10,12,17-18H,5,9,11,13-14H2,1H3,(H,21,24)/t17-,18-/m1/s1. The van der Waals surface area contributed by atoms with Gasteiger partial charge in [0.05, 0.1) is 12.6 Å². The minimum absolute atomic E-state index is 0.00608. The summed E-state index contributed by atoms with van der Waals surface area (Å²) in [7, 11) is 0. The van der Waals surface area contributed by atoms with Gasteiger partial charge in [0.2, 0.25) is 5.91 Å². The van der Waals surface area contributed by atoms with Crippen molar-refractivity contribution >= 4 is 23.0 Å². The lowest BCUT2D eigenvalue weighted by Gasteiger charge is -2.24. The van der Waals surface area contributed by atoms with Gasteiger partial charge in [-0.15, -0.1) is 11.3 Å². The second-order valence-electron chi connectivity index (χ2n) is 6.56. The molecule has 2 atom stereocenters. The number of thiophene rings is 1. The van der Waals surface area contributed by atoms with E-state index in [-0.39, 0.29) is 11.7 Å². The monoisotopic (exact) mass is 356 g/mol. The Hall–Kier alpha value is -1.98. The molecule has 1 aliphatic rings. The first kappa shape index (κ1) is 17.8. The van der Waals surface area contributed by atoms with Crippen LogP contribution in [0.1, 0.15) is 36.2 Å². The number of nitrogens with one attached hydrogen (secondary N) is 1. The number of ketones is 1. The Morgan fingerprint density at radius 2 is 2.04 bits per heavy atom. The van der Waals surface area contributed by atoms with Crippen molar-refractivity contribution in [3.63, 3.8) is 0 Å². The van der Waals surface area contributed by atoms with Crippen LogP contribution in [0.5, 0.6) is 0 Å². The molecule has 3 rings (SSSR count). The van der Waals surface area contributed by atoms with E-state index in [0.29, 0.717) is 19.0 Å². The van der Waals surface area contributed by atoms with Gasteiger partial charge in [0, 0.05) is 10.9 Å². The maximum absolute atomic E-state index is 12.5. The lowest BCUT2D eigenvalue weighted by Crippen LogP contribution is -2.45. The minimum atomic E-state index is -0.460. The van der Waals surface area contributed by atoms with Gasteiger partial charge < -0.3 is 5.32 Å². The maximum Gasteiger partial charge on any atom is 0.234 e. The number of Topliss-reactive ketones (excluding diaryl/α,β-unsaturated/α-hetero) is 1. The van der Waals surface area contributed by atoms with E-state index < -0.39 is 6.04 Å². The first-order chi connectivity index (χ1) is 12.1. The summed E-state index contributed by atoms with van der Waals surface area (Å²) in [6, 6.07) is 13.9. The van der Waals surface area contributed by atoms with Gasteiger partial charge in [-0.2, -0.15) is 0 Å². The van der Waals surface area contributed by atoms with Crippen LogP contribution in [0.15, 0.2) is 47.8 Å². The Balaban J connectivity index is 1.59. The number of likely N-dealkylation sites (tertiary alicyclic amines) is 1. The minimum Gasteiger partial charge on any atom is -0.345 e. The van der Waals surface area contributed by atoms with Crippen LogP contribution in [0.25, 0.3) is 0 Å². The Morgan fingerprint density at radius 3 is 2.72 bits per heavy atom. The normalized spacial score (nSPS) is 18.8. The van der Waals surface area contributed by atoms with E-state index in [2.05, 4.69) is 27.7 Å². The van der Waals surface area contributed by atoms with Crippen LogP contribution in [0.2, 0.25) is 0 Å². The third-order valence-corrected chi connectivity index (χ3v) is 5.66. The number of amides is 1. The molecule has 0 spiro atoms. The van der Waals surface area contributed by atoms with Crippen molar-refractivity contribution in [1.82, 2.24) is 10.2 Å². The molecule has 1 saturated heterocycles. The van der Waals surface area contributed by atoms with Crippen molar-refractivity contribution in [1.29, 1.82) is 0 Å². The molecular weight excluding hydrogens is 332 g/mol. The molecule has 0 saturated carbocycles. The third-order valence-electron chi connectivity index (χ3n) is 4.69. The predicted octanol–water partition coefficient (Wildman–Crippen LogP) is 3.20. The van der Waals surface area contributed by atoms with Crippen molar-refractivity contribution in [3.8, 4) is 0 Å². The molecule has 0 bridgehead atoms. The van der Waals surface area contributed by atoms with Gasteiger partial charge in [-0.3, -0.25) is 14.5 Å². The first-order valence-corrected chi connectivity index (χ1v) is 9.62. The molecule has 1 amide bonds. The highest BCUT2D eigenvalue weighted by Gasteiger charge is 2.29. The summed E-state index contributed by atoms with van der Waals surface area (Å²) in [6.45, 7) is 2.82. The molecule has 1 aromatic carbocycles. The molecule has 2 heterocycles. The van der Waals surface area contributed by atoms with Crippen LogP contribution in [0.4, 0.5) is 0 Å². The fourth-order valence-electron chi connectivity index (χ4n) is 3.39. The van der Waals surface area contributed by atoms with Gasteiger partial charge >= 0.3 is 0 Å². The molecule has 0 unspecified atom stereocenters. The van der Waals surface area contributed by atoms with E-state index in [4.69, 9.17) is 0 Å². The van der Waals surface area contributed by atoms with Crippen molar-refractivity contribution in [3.05, 3.63) is 58.3 Å². The van der Waals surface area contributed by atoms with Crippen molar-refractivity contribution < 1.29 is 9.59 Å². The Labute approximate surface area is 152 Å². The molecule has 2 aromatic rings. The molecule has 132 valence electrons. The topological polar surface area (TPSA) is 49.4 Å². The Bertz CT molecular complexity index is 700. The van der Waals surface area contributed by atoms with Gasteiger partial charge in [-0.1, -0.05) is 36.4 Å². The van der Waals surface area contributed by atoms with E-state index in [0.717, 1.165) is 24.9 Å². The molecule has 4 nitrogen and oxygen atoms in total. The summed E-state index contributed by atoms with van der Waals surface area (Å²) < 4.78 is 0. The number of nitrogens with zero attached hydrogens (tertiary/aromatic N) is 1. The number of hydrogen-bond acceptors (Lipinski definition) is 4. The Kier molecular flexibility index (Phi) is 6.00. The second-order valence-corrected chi connectivity index (χ2v) is 7.54. The number of hydrogen-bond donors (Lipinski definition) is 1. The zero-order valence-electron chi connectivity index (χ0n) is 14.5. The van der Waals surface area contributed by atoms with Crippen molar-refractivity contribution in [2.75, 3.05) is 13.1 Å².